The molecule has 0 saturated carbocycles. The first-order valence-electron chi connectivity index (χ1n) is 10.2. The van der Waals surface area contributed by atoms with Gasteiger partial charge in [-0.1, -0.05) is 66.7 Å². The molecule has 1 aromatic rings. The maximum atomic E-state index is 12.8. The van der Waals surface area contributed by atoms with Crippen molar-refractivity contribution in [2.24, 2.45) is 0 Å². The number of carbonyl (C=O) groups is 1. The molecule has 2 rings (SSSR count). The Morgan fingerprint density at radius 2 is 1.56 bits per heavy atom. The monoisotopic (exact) mass is 368 g/mol. The fourth-order valence-corrected chi connectivity index (χ4v) is 3.85. The summed E-state index contributed by atoms with van der Waals surface area (Å²) < 4.78 is 0. The van der Waals surface area contributed by atoms with Crippen molar-refractivity contribution in [3.05, 3.63) is 51.6 Å². The largest absolute Gasteiger partial charge is 0.507 e. The van der Waals surface area contributed by atoms with E-state index in [1.807, 2.05) is 0 Å². The lowest BCUT2D eigenvalue weighted by Crippen LogP contribution is -2.18. The molecule has 1 aromatic carbocycles. The molecular weight excluding hydrogens is 332 g/mol. The minimum Gasteiger partial charge on any atom is -0.507 e. The van der Waals surface area contributed by atoms with Crippen molar-refractivity contribution in [2.75, 3.05) is 0 Å². The Kier molecular flexibility index (Phi) is 6.09. The zero-order valence-electron chi connectivity index (χ0n) is 18.4. The summed E-state index contributed by atoms with van der Waals surface area (Å²) in [5, 5.41) is 10.8. The summed E-state index contributed by atoms with van der Waals surface area (Å²) in [6.07, 6.45) is 5.20. The van der Waals surface area contributed by atoms with Gasteiger partial charge < -0.3 is 5.11 Å². The van der Waals surface area contributed by atoms with Gasteiger partial charge in [-0.15, -0.1) is 0 Å². The molecule has 2 heteroatoms. The van der Waals surface area contributed by atoms with E-state index in [0.717, 1.165) is 35.1 Å². The summed E-state index contributed by atoms with van der Waals surface area (Å²) in [4.78, 5) is 12.8. The molecule has 0 saturated heterocycles. The first-order chi connectivity index (χ1) is 12.4. The van der Waals surface area contributed by atoms with Crippen LogP contribution < -0.4 is 0 Å². The van der Waals surface area contributed by atoms with E-state index in [1.54, 1.807) is 0 Å². The molecule has 148 valence electrons. The van der Waals surface area contributed by atoms with Crippen molar-refractivity contribution >= 4 is 5.78 Å². The minimum atomic E-state index is -0.144. The summed E-state index contributed by atoms with van der Waals surface area (Å²) in [7, 11) is 0. The summed E-state index contributed by atoms with van der Waals surface area (Å²) in [6, 6.07) is 4.17. The molecule has 0 unspecified atom stereocenters. The van der Waals surface area contributed by atoms with Crippen LogP contribution in [0, 0.1) is 0 Å². The van der Waals surface area contributed by atoms with Crippen LogP contribution in [0.2, 0.25) is 0 Å². The highest BCUT2D eigenvalue weighted by Gasteiger charge is 2.27. The topological polar surface area (TPSA) is 37.3 Å². The molecule has 1 aliphatic carbocycles. The number of allylic oxidation sites excluding steroid dienone is 4. The van der Waals surface area contributed by atoms with Crippen LogP contribution in [0.5, 0.6) is 5.75 Å². The number of hydrogen-bond donors (Lipinski definition) is 1. The Morgan fingerprint density at radius 1 is 1.04 bits per heavy atom. The number of carbonyl (C=O) groups excluding carboxylic acids is 1. The molecule has 0 aromatic heterocycles. The lowest BCUT2D eigenvalue weighted by molar-refractivity contribution is -0.115. The number of phenolic OH excluding ortho intramolecular Hbond substituents is 1. The molecule has 0 fully saturated rings. The highest BCUT2D eigenvalue weighted by atomic mass is 16.3. The second-order valence-corrected chi connectivity index (χ2v) is 9.85. The number of Topliss-reactive ketones (excluding diaryl/α,β-unsaturated/α-hetero) is 1. The van der Waals surface area contributed by atoms with E-state index in [9.17, 15) is 9.90 Å². The highest BCUT2D eigenvalue weighted by Crippen LogP contribution is 2.40. The summed E-state index contributed by atoms with van der Waals surface area (Å²) >= 11 is 0. The van der Waals surface area contributed by atoms with Crippen LogP contribution in [-0.4, -0.2) is 10.9 Å². The van der Waals surface area contributed by atoms with Gasteiger partial charge in [0.25, 0.3) is 0 Å². The highest BCUT2D eigenvalue weighted by molar-refractivity contribution is 5.98. The van der Waals surface area contributed by atoms with Gasteiger partial charge in [0.15, 0.2) is 5.78 Å². The van der Waals surface area contributed by atoms with E-state index in [0.29, 0.717) is 18.6 Å². The fraction of sp³-hybridized carbons (Fsp3) is 0.560. The van der Waals surface area contributed by atoms with Crippen molar-refractivity contribution in [3.63, 3.8) is 0 Å². The summed E-state index contributed by atoms with van der Waals surface area (Å²) in [5.74, 6) is 0.658. The van der Waals surface area contributed by atoms with Crippen LogP contribution in [-0.2, 0) is 22.0 Å². The van der Waals surface area contributed by atoms with Gasteiger partial charge >= 0.3 is 0 Å². The lowest BCUT2D eigenvalue weighted by atomic mass is 9.78. The second kappa shape index (κ2) is 7.66. The zero-order chi connectivity index (χ0) is 20.6. The number of rotatable bonds is 5. The predicted molar refractivity (Wildman–Crippen MR) is 115 cm³/mol. The SMILES string of the molecule is CCC1=CCC(C(=O)CCc2cc(C(C)(C)C)c(O)c(C(C)(C)C)c2)=C1C. The molecule has 0 heterocycles. The summed E-state index contributed by atoms with van der Waals surface area (Å²) in [6.45, 7) is 16.9. The molecule has 0 atom stereocenters. The lowest BCUT2D eigenvalue weighted by Gasteiger charge is -2.28. The van der Waals surface area contributed by atoms with Crippen molar-refractivity contribution in [2.45, 2.75) is 91.9 Å². The Bertz CT molecular complexity index is 758. The van der Waals surface area contributed by atoms with Crippen LogP contribution in [0.15, 0.2) is 34.9 Å². The maximum absolute atomic E-state index is 12.8. The molecule has 0 amide bonds. The Morgan fingerprint density at radius 3 is 1.96 bits per heavy atom. The number of aromatic hydroxyl groups is 1. The molecule has 2 nitrogen and oxygen atoms in total. The van der Waals surface area contributed by atoms with Crippen molar-refractivity contribution in [3.8, 4) is 5.75 Å². The van der Waals surface area contributed by atoms with Crippen LogP contribution >= 0.6 is 0 Å². The standard InChI is InChI=1S/C25H36O2/c1-9-18-11-12-19(16(18)2)22(26)13-10-17-14-20(24(3,4)5)23(27)21(15-17)25(6,7)8/h11,14-15,27H,9-10,12-13H2,1-8H3. The Labute approximate surface area is 165 Å². The smallest absolute Gasteiger partial charge is 0.159 e. The van der Waals surface area contributed by atoms with E-state index >= 15 is 0 Å². The molecule has 1 aliphatic rings. The molecular formula is C25H36O2. The van der Waals surface area contributed by atoms with Gasteiger partial charge in [0, 0.05) is 12.0 Å². The molecule has 0 aliphatic heterocycles. The third kappa shape index (κ3) is 4.72. The van der Waals surface area contributed by atoms with Gasteiger partial charge in [-0.2, -0.15) is 0 Å². The minimum absolute atomic E-state index is 0.144. The van der Waals surface area contributed by atoms with Gasteiger partial charge in [-0.25, -0.2) is 0 Å². The quantitative estimate of drug-likeness (QED) is 0.640. The van der Waals surface area contributed by atoms with E-state index < -0.39 is 0 Å². The Hall–Kier alpha value is -1.83. The number of benzene rings is 1. The molecule has 0 spiro atoms. The van der Waals surface area contributed by atoms with Gasteiger partial charge in [-0.3, -0.25) is 4.79 Å². The third-order valence-electron chi connectivity index (χ3n) is 5.63. The number of phenols is 1. The van der Waals surface area contributed by atoms with Crippen LogP contribution in [0.3, 0.4) is 0 Å². The fourth-order valence-electron chi connectivity index (χ4n) is 3.85. The van der Waals surface area contributed by atoms with E-state index in [2.05, 4.69) is 73.6 Å². The first-order valence-corrected chi connectivity index (χ1v) is 10.2. The summed E-state index contributed by atoms with van der Waals surface area (Å²) in [5.41, 5.74) is 6.25. The number of aryl methyl sites for hydroxylation is 1. The van der Waals surface area contributed by atoms with Gasteiger partial charge in [0.1, 0.15) is 5.75 Å². The first kappa shape index (κ1) is 21.5. The van der Waals surface area contributed by atoms with Crippen molar-refractivity contribution in [1.82, 2.24) is 0 Å². The molecule has 0 bridgehead atoms. The zero-order valence-corrected chi connectivity index (χ0v) is 18.4. The second-order valence-electron chi connectivity index (χ2n) is 9.85. The maximum Gasteiger partial charge on any atom is 0.159 e. The van der Waals surface area contributed by atoms with E-state index in [4.69, 9.17) is 0 Å². The van der Waals surface area contributed by atoms with Crippen LogP contribution in [0.1, 0.15) is 91.3 Å². The van der Waals surface area contributed by atoms with Crippen molar-refractivity contribution in [1.29, 1.82) is 0 Å². The van der Waals surface area contributed by atoms with E-state index in [-0.39, 0.29) is 16.6 Å². The van der Waals surface area contributed by atoms with Crippen molar-refractivity contribution < 1.29 is 9.90 Å². The molecule has 0 radical (unpaired) electrons. The molecule has 27 heavy (non-hydrogen) atoms. The van der Waals surface area contributed by atoms with Gasteiger partial charge in [-0.05, 0) is 64.9 Å². The molecule has 1 N–H and O–H groups in total. The van der Waals surface area contributed by atoms with E-state index in [1.165, 1.54) is 11.1 Å². The number of ketones is 1. The normalized spacial score (nSPS) is 15.3. The van der Waals surface area contributed by atoms with Crippen LogP contribution in [0.4, 0.5) is 0 Å². The predicted octanol–water partition coefficient (Wildman–Crippen LogP) is 6.55. The number of hydrogen-bond acceptors (Lipinski definition) is 2. The average molecular weight is 369 g/mol. The Balaban J connectivity index is 2.29. The van der Waals surface area contributed by atoms with Gasteiger partial charge in [0.2, 0.25) is 0 Å². The van der Waals surface area contributed by atoms with Crippen LogP contribution in [0.25, 0.3) is 0 Å². The van der Waals surface area contributed by atoms with Gasteiger partial charge in [0.05, 0.1) is 0 Å². The third-order valence-corrected chi connectivity index (χ3v) is 5.63. The average Bonchev–Trinajstić information content (AvgIpc) is 2.92.